The van der Waals surface area contributed by atoms with Crippen molar-refractivity contribution in [2.45, 2.75) is 192 Å². The van der Waals surface area contributed by atoms with E-state index in [9.17, 15) is 37.9 Å². The third-order valence-electron chi connectivity index (χ3n) is 10.1. The van der Waals surface area contributed by atoms with Crippen LogP contribution in [-0.2, 0) is 38.7 Å². The van der Waals surface area contributed by atoms with Gasteiger partial charge in [-0.05, 0) is 96.3 Å². The van der Waals surface area contributed by atoms with E-state index in [0.29, 0.717) is 12.8 Å². The number of ether oxygens (including phenoxy) is 4. The number of hydrogen-bond acceptors (Lipinski definition) is 11. The van der Waals surface area contributed by atoms with Gasteiger partial charge in [-0.3, -0.25) is 14.1 Å². The van der Waals surface area contributed by atoms with E-state index in [1.54, 1.807) is 0 Å². The zero-order valence-electron chi connectivity index (χ0n) is 38.8. The number of unbranched alkanes of at least 4 members (excludes halogenated alkanes) is 10. The Bertz CT molecular complexity index is 1540. The maximum Gasteiger partial charge on any atom is 0.306 e. The molecule has 13 heteroatoms. The van der Waals surface area contributed by atoms with Crippen LogP contribution < -0.4 is 0 Å². The van der Waals surface area contributed by atoms with Crippen LogP contribution in [0.1, 0.15) is 155 Å². The van der Waals surface area contributed by atoms with Gasteiger partial charge in [0, 0.05) is 12.8 Å². The molecule has 0 saturated carbocycles. The Morgan fingerprint density at radius 3 is 1.47 bits per heavy atom. The Kier molecular flexibility index (Phi) is 36.5. The number of rotatable bonds is 38. The highest BCUT2D eigenvalue weighted by atomic mass is 32.2. The van der Waals surface area contributed by atoms with E-state index >= 15 is 0 Å². The van der Waals surface area contributed by atoms with Gasteiger partial charge in [0.1, 0.15) is 36.8 Å². The van der Waals surface area contributed by atoms with E-state index in [2.05, 4.69) is 111 Å². The second-order valence-corrected chi connectivity index (χ2v) is 17.5. The highest BCUT2D eigenvalue weighted by molar-refractivity contribution is 7.85. The Balaban J connectivity index is 2.48. The topological polar surface area (TPSA) is 186 Å². The summed E-state index contributed by atoms with van der Waals surface area (Å²) in [7, 11) is -4.62. The molecule has 0 amide bonds. The van der Waals surface area contributed by atoms with Crippen molar-refractivity contribution in [2.24, 2.45) is 0 Å². The van der Waals surface area contributed by atoms with E-state index < -0.39 is 71.2 Å². The fourth-order valence-electron chi connectivity index (χ4n) is 6.47. The van der Waals surface area contributed by atoms with Crippen molar-refractivity contribution in [2.75, 3.05) is 19.0 Å². The first-order valence-electron chi connectivity index (χ1n) is 23.8. The second kappa shape index (κ2) is 39.9. The van der Waals surface area contributed by atoms with Crippen LogP contribution in [0.3, 0.4) is 0 Å². The molecule has 1 rings (SSSR count). The third kappa shape index (κ3) is 34.0. The maximum atomic E-state index is 12.8. The van der Waals surface area contributed by atoms with Crippen molar-refractivity contribution in [3.63, 3.8) is 0 Å². The van der Waals surface area contributed by atoms with Crippen LogP contribution in [0.15, 0.2) is 97.2 Å². The number of aliphatic hydroxyl groups is 3. The average molecular weight is 919 g/mol. The second-order valence-electron chi connectivity index (χ2n) is 16.0. The molecule has 2 unspecified atom stereocenters. The van der Waals surface area contributed by atoms with Gasteiger partial charge in [-0.2, -0.15) is 8.42 Å². The minimum Gasteiger partial charge on any atom is -0.462 e. The number of carbonyl (C=O) groups is 2. The molecule has 1 heterocycles. The molecule has 4 N–H and O–H groups in total. The summed E-state index contributed by atoms with van der Waals surface area (Å²) >= 11 is 0. The normalized spacial score (nSPS) is 20.5. The zero-order chi connectivity index (χ0) is 46.9. The van der Waals surface area contributed by atoms with Crippen molar-refractivity contribution in [1.82, 2.24) is 0 Å². The van der Waals surface area contributed by atoms with Gasteiger partial charge in [0.2, 0.25) is 0 Å². The molecule has 12 nitrogen and oxygen atoms in total. The summed E-state index contributed by atoms with van der Waals surface area (Å²) in [6, 6.07) is 0. The number of hydrogen-bond donors (Lipinski definition) is 4. The highest BCUT2D eigenvalue weighted by Gasteiger charge is 2.46. The molecule has 0 bridgehead atoms. The van der Waals surface area contributed by atoms with Crippen molar-refractivity contribution in [1.29, 1.82) is 0 Å². The summed E-state index contributed by atoms with van der Waals surface area (Å²) in [5.41, 5.74) is 0. The Labute approximate surface area is 385 Å². The first kappa shape index (κ1) is 58.6. The summed E-state index contributed by atoms with van der Waals surface area (Å²) in [6.45, 7) is 3.56. The Morgan fingerprint density at radius 1 is 0.547 bits per heavy atom. The van der Waals surface area contributed by atoms with E-state index in [-0.39, 0.29) is 19.4 Å². The number of carbonyl (C=O) groups excluding carboxylic acids is 2. The number of allylic oxidation sites excluding steroid dienone is 16. The fourth-order valence-corrected chi connectivity index (χ4v) is 7.16. The average Bonchev–Trinajstić information content (AvgIpc) is 3.26. The van der Waals surface area contributed by atoms with Gasteiger partial charge in [-0.1, -0.05) is 143 Å². The van der Waals surface area contributed by atoms with E-state index in [1.807, 2.05) is 0 Å². The van der Waals surface area contributed by atoms with Crippen LogP contribution >= 0.6 is 0 Å². The summed E-state index contributed by atoms with van der Waals surface area (Å²) in [5, 5.41) is 30.9. The lowest BCUT2D eigenvalue weighted by atomic mass is 10.00. The van der Waals surface area contributed by atoms with E-state index in [4.69, 9.17) is 18.9 Å². The van der Waals surface area contributed by atoms with Crippen LogP contribution in [-0.4, -0.2) is 96.0 Å². The fraction of sp³-hybridized carbons (Fsp3) is 0.647. The summed E-state index contributed by atoms with van der Waals surface area (Å²) in [6.07, 6.45) is 44.4. The third-order valence-corrected chi connectivity index (χ3v) is 10.9. The highest BCUT2D eigenvalue weighted by Crippen LogP contribution is 2.24. The molecule has 1 fully saturated rings. The van der Waals surface area contributed by atoms with Gasteiger partial charge in [0.25, 0.3) is 10.1 Å². The minimum absolute atomic E-state index is 0.114. The molecular formula is C51H82O12S. The molecule has 0 spiro atoms. The molecule has 1 aliphatic rings. The van der Waals surface area contributed by atoms with Crippen LogP contribution in [0.4, 0.5) is 0 Å². The smallest absolute Gasteiger partial charge is 0.306 e. The molecule has 1 aliphatic heterocycles. The Morgan fingerprint density at radius 2 is 0.984 bits per heavy atom. The maximum absolute atomic E-state index is 12.8. The van der Waals surface area contributed by atoms with E-state index in [1.165, 1.54) is 19.3 Å². The van der Waals surface area contributed by atoms with Gasteiger partial charge < -0.3 is 34.3 Å². The van der Waals surface area contributed by atoms with Crippen LogP contribution in [0.5, 0.6) is 0 Å². The summed E-state index contributed by atoms with van der Waals surface area (Å²) in [5.74, 6) is -2.07. The Hall–Kier alpha value is -3.43. The molecule has 0 aromatic rings. The quantitative estimate of drug-likeness (QED) is 0.0199. The van der Waals surface area contributed by atoms with Crippen LogP contribution in [0.2, 0.25) is 0 Å². The largest absolute Gasteiger partial charge is 0.462 e. The molecule has 0 aromatic carbocycles. The van der Waals surface area contributed by atoms with Crippen LogP contribution in [0.25, 0.3) is 0 Å². The van der Waals surface area contributed by atoms with Crippen molar-refractivity contribution >= 4 is 22.1 Å². The van der Waals surface area contributed by atoms with Crippen LogP contribution in [0, 0.1) is 0 Å². The SMILES string of the molecule is CC/C=C/C/C=C/C/C=C/C/C=C/C/C=C/CCCCCC(=O)O[C@H](COC(=O)CCCCCC/C=C/C/C=C/C/C=C/CCCCC)CO[C@H]1O[C@H](CS(=O)(=O)O)[C@@H](O)C(O)C1O. The van der Waals surface area contributed by atoms with Crippen molar-refractivity contribution < 1.29 is 56.8 Å². The monoisotopic (exact) mass is 919 g/mol. The summed E-state index contributed by atoms with van der Waals surface area (Å²) in [4.78, 5) is 25.5. The predicted molar refractivity (Wildman–Crippen MR) is 256 cm³/mol. The molecule has 64 heavy (non-hydrogen) atoms. The van der Waals surface area contributed by atoms with Gasteiger partial charge in [-0.25, -0.2) is 0 Å². The standard InChI is InChI=1S/C51H82O12S/c1-3-5-7-9-11-13-15-17-19-21-22-24-26-28-30-32-34-36-38-40-47(53)62-44(42-61-51-50(56)49(55)48(54)45(63-51)43-64(57,58)59)41-60-46(52)39-37-35-33-31-29-27-25-23-20-18-16-14-12-10-8-6-4-2/h5,7,11-14,17-20,22,24-25,27-28,30,44-45,48-51,54-56H,3-4,6,8-10,15-16,21,23,26,29,31-43H2,1-2H3,(H,57,58,59)/b7-5+,13-11+,14-12+,19-17+,20-18+,24-22+,27-25+,30-28+/t44-,45-,48-,49?,50?,51+/m1/s1. The van der Waals surface area contributed by atoms with E-state index in [0.717, 1.165) is 96.3 Å². The lowest BCUT2D eigenvalue weighted by Crippen LogP contribution is -2.60. The zero-order valence-corrected chi connectivity index (χ0v) is 39.7. The van der Waals surface area contributed by atoms with Gasteiger partial charge >= 0.3 is 11.9 Å². The number of aliphatic hydroxyl groups excluding tert-OH is 3. The molecule has 6 atom stereocenters. The molecule has 364 valence electrons. The molecule has 0 aliphatic carbocycles. The molecule has 0 radical (unpaired) electrons. The first-order chi connectivity index (χ1) is 31.0. The van der Waals surface area contributed by atoms with Crippen molar-refractivity contribution in [3.05, 3.63) is 97.2 Å². The number of esters is 2. The summed E-state index contributed by atoms with van der Waals surface area (Å²) < 4.78 is 54.1. The molecule has 1 saturated heterocycles. The van der Waals surface area contributed by atoms with Crippen molar-refractivity contribution in [3.8, 4) is 0 Å². The lowest BCUT2D eigenvalue weighted by molar-refractivity contribution is -0.297. The van der Waals surface area contributed by atoms with Gasteiger partial charge in [-0.15, -0.1) is 0 Å². The molecule has 0 aromatic heterocycles. The lowest BCUT2D eigenvalue weighted by Gasteiger charge is -2.40. The molecular weight excluding hydrogens is 837 g/mol. The van der Waals surface area contributed by atoms with Gasteiger partial charge in [0.15, 0.2) is 12.4 Å². The minimum atomic E-state index is -4.62. The van der Waals surface area contributed by atoms with Gasteiger partial charge in [0.05, 0.1) is 6.61 Å². The first-order valence-corrected chi connectivity index (χ1v) is 25.4. The predicted octanol–water partition coefficient (Wildman–Crippen LogP) is 10.2.